The highest BCUT2D eigenvalue weighted by molar-refractivity contribution is 9.10. The summed E-state index contributed by atoms with van der Waals surface area (Å²) < 4.78 is 2.67. The van der Waals surface area contributed by atoms with E-state index in [1.165, 1.54) is 11.3 Å². The van der Waals surface area contributed by atoms with Gasteiger partial charge in [0, 0.05) is 29.5 Å². The standard InChI is InChI=1S/C17H13BrN4OS/c1-22-13-7-3-2-5-10(13)14(18)15(22)16(23)21-17-20-12(9-24-17)11-6-4-8-19-11/h2-9,19H,1H3,(H,20,21,23). The van der Waals surface area contributed by atoms with Gasteiger partial charge in [0.1, 0.15) is 5.69 Å². The van der Waals surface area contributed by atoms with E-state index in [-0.39, 0.29) is 5.91 Å². The average Bonchev–Trinajstić information content (AvgIpc) is 3.29. The summed E-state index contributed by atoms with van der Waals surface area (Å²) in [5, 5.41) is 6.38. The number of aromatic nitrogens is 3. The fourth-order valence-corrected chi connectivity index (χ4v) is 4.19. The lowest BCUT2D eigenvalue weighted by Crippen LogP contribution is -2.16. The van der Waals surface area contributed by atoms with Crippen molar-refractivity contribution in [2.24, 2.45) is 7.05 Å². The number of hydrogen-bond donors (Lipinski definition) is 2. The lowest BCUT2D eigenvalue weighted by atomic mass is 10.2. The highest BCUT2D eigenvalue weighted by Crippen LogP contribution is 2.31. The van der Waals surface area contributed by atoms with Crippen LogP contribution in [-0.4, -0.2) is 20.4 Å². The van der Waals surface area contributed by atoms with Gasteiger partial charge in [-0.1, -0.05) is 18.2 Å². The normalized spacial score (nSPS) is 11.1. The fraction of sp³-hybridized carbons (Fsp3) is 0.0588. The molecule has 0 aliphatic heterocycles. The molecule has 5 nitrogen and oxygen atoms in total. The Bertz CT molecular complexity index is 993. The van der Waals surface area contributed by atoms with Gasteiger partial charge in [-0.25, -0.2) is 4.98 Å². The number of halogens is 1. The predicted octanol–water partition coefficient (Wildman–Crippen LogP) is 4.64. The van der Waals surface area contributed by atoms with Crippen molar-refractivity contribution in [1.29, 1.82) is 0 Å². The molecule has 0 aliphatic carbocycles. The van der Waals surface area contributed by atoms with Gasteiger partial charge in [-0.2, -0.15) is 0 Å². The van der Waals surface area contributed by atoms with E-state index < -0.39 is 0 Å². The second-order valence-electron chi connectivity index (χ2n) is 5.31. The van der Waals surface area contributed by atoms with Crippen molar-refractivity contribution in [1.82, 2.24) is 14.5 Å². The molecular weight excluding hydrogens is 388 g/mol. The summed E-state index contributed by atoms with van der Waals surface area (Å²) in [5.74, 6) is -0.187. The number of rotatable bonds is 3. The molecule has 2 N–H and O–H groups in total. The van der Waals surface area contributed by atoms with E-state index >= 15 is 0 Å². The van der Waals surface area contributed by atoms with Crippen LogP contribution in [0.2, 0.25) is 0 Å². The minimum absolute atomic E-state index is 0.187. The molecule has 7 heteroatoms. The molecule has 0 saturated heterocycles. The van der Waals surface area contributed by atoms with Crippen molar-refractivity contribution in [3.8, 4) is 11.4 Å². The van der Waals surface area contributed by atoms with Crippen LogP contribution >= 0.6 is 27.3 Å². The number of nitrogens with zero attached hydrogens (tertiary/aromatic N) is 2. The van der Waals surface area contributed by atoms with E-state index in [0.29, 0.717) is 10.8 Å². The molecule has 4 aromatic rings. The second kappa shape index (κ2) is 5.92. The van der Waals surface area contributed by atoms with E-state index in [1.807, 2.05) is 59.6 Å². The summed E-state index contributed by atoms with van der Waals surface area (Å²) in [7, 11) is 1.88. The summed E-state index contributed by atoms with van der Waals surface area (Å²) >= 11 is 4.95. The maximum absolute atomic E-state index is 12.7. The summed E-state index contributed by atoms with van der Waals surface area (Å²) in [6.07, 6.45) is 1.85. The van der Waals surface area contributed by atoms with Crippen LogP contribution in [0.3, 0.4) is 0 Å². The number of para-hydroxylation sites is 1. The minimum Gasteiger partial charge on any atom is -0.360 e. The summed E-state index contributed by atoms with van der Waals surface area (Å²) in [6, 6.07) is 11.8. The zero-order valence-corrected chi connectivity index (χ0v) is 15.1. The molecule has 0 spiro atoms. The first-order valence-electron chi connectivity index (χ1n) is 7.28. The molecule has 0 bridgehead atoms. The van der Waals surface area contributed by atoms with E-state index in [2.05, 4.69) is 31.2 Å². The Morgan fingerprint density at radius 2 is 2.12 bits per heavy atom. The largest absolute Gasteiger partial charge is 0.360 e. The van der Waals surface area contributed by atoms with Crippen molar-refractivity contribution < 1.29 is 4.79 Å². The first kappa shape index (κ1) is 15.2. The van der Waals surface area contributed by atoms with Gasteiger partial charge in [-0.05, 0) is 34.1 Å². The molecule has 0 atom stereocenters. The van der Waals surface area contributed by atoms with Crippen LogP contribution in [0, 0.1) is 0 Å². The summed E-state index contributed by atoms with van der Waals surface area (Å²) in [5.41, 5.74) is 3.32. The van der Waals surface area contributed by atoms with Crippen molar-refractivity contribution in [3.05, 3.63) is 58.1 Å². The number of hydrogen-bond acceptors (Lipinski definition) is 3. The third-order valence-electron chi connectivity index (χ3n) is 3.86. The van der Waals surface area contributed by atoms with E-state index in [4.69, 9.17) is 0 Å². The number of aryl methyl sites for hydroxylation is 1. The molecule has 3 aromatic heterocycles. The number of aromatic amines is 1. The van der Waals surface area contributed by atoms with Gasteiger partial charge in [-0.15, -0.1) is 11.3 Å². The van der Waals surface area contributed by atoms with Crippen molar-refractivity contribution >= 4 is 49.2 Å². The molecule has 0 unspecified atom stereocenters. The van der Waals surface area contributed by atoms with E-state index in [9.17, 15) is 4.79 Å². The maximum Gasteiger partial charge on any atom is 0.275 e. The van der Waals surface area contributed by atoms with Crippen LogP contribution in [-0.2, 0) is 7.05 Å². The number of H-pyrrole nitrogens is 1. The van der Waals surface area contributed by atoms with Crippen LogP contribution < -0.4 is 5.32 Å². The van der Waals surface area contributed by atoms with Crippen LogP contribution in [0.1, 0.15) is 10.5 Å². The topological polar surface area (TPSA) is 62.7 Å². The highest BCUT2D eigenvalue weighted by Gasteiger charge is 2.20. The van der Waals surface area contributed by atoms with Gasteiger partial charge in [0.25, 0.3) is 5.91 Å². The number of fused-ring (bicyclic) bond motifs is 1. The molecule has 120 valence electrons. The molecule has 0 aliphatic rings. The number of benzene rings is 1. The van der Waals surface area contributed by atoms with Crippen molar-refractivity contribution in [2.45, 2.75) is 0 Å². The SMILES string of the molecule is Cn1c(C(=O)Nc2nc(-c3ccc[nH]3)cs2)c(Br)c2ccccc21. The van der Waals surface area contributed by atoms with Gasteiger partial charge >= 0.3 is 0 Å². The summed E-state index contributed by atoms with van der Waals surface area (Å²) in [4.78, 5) is 20.3. The molecule has 24 heavy (non-hydrogen) atoms. The first-order chi connectivity index (χ1) is 11.6. The molecule has 3 heterocycles. The van der Waals surface area contributed by atoms with Crippen LogP contribution in [0.4, 0.5) is 5.13 Å². The van der Waals surface area contributed by atoms with Gasteiger partial charge in [0.05, 0.1) is 15.9 Å². The van der Waals surface area contributed by atoms with Gasteiger partial charge in [0.2, 0.25) is 0 Å². The molecule has 1 amide bonds. The number of anilines is 1. The van der Waals surface area contributed by atoms with Gasteiger partial charge in [0.15, 0.2) is 5.13 Å². The monoisotopic (exact) mass is 400 g/mol. The number of amides is 1. The van der Waals surface area contributed by atoms with Crippen LogP contribution in [0.15, 0.2) is 52.4 Å². The van der Waals surface area contributed by atoms with Crippen LogP contribution in [0.5, 0.6) is 0 Å². The Kier molecular flexibility index (Phi) is 3.74. The highest BCUT2D eigenvalue weighted by atomic mass is 79.9. The lowest BCUT2D eigenvalue weighted by molar-refractivity contribution is 0.101. The molecule has 0 radical (unpaired) electrons. The Labute approximate surface area is 150 Å². The first-order valence-corrected chi connectivity index (χ1v) is 8.96. The number of carbonyl (C=O) groups excluding carboxylic acids is 1. The predicted molar refractivity (Wildman–Crippen MR) is 100 cm³/mol. The number of thiazole rings is 1. The second-order valence-corrected chi connectivity index (χ2v) is 6.97. The molecule has 1 aromatic carbocycles. The Morgan fingerprint density at radius 3 is 2.88 bits per heavy atom. The quantitative estimate of drug-likeness (QED) is 0.525. The number of carbonyl (C=O) groups is 1. The van der Waals surface area contributed by atoms with Crippen LogP contribution in [0.25, 0.3) is 22.3 Å². The van der Waals surface area contributed by atoms with Gasteiger partial charge < -0.3 is 9.55 Å². The average molecular weight is 401 g/mol. The Balaban J connectivity index is 1.66. The Morgan fingerprint density at radius 1 is 1.29 bits per heavy atom. The minimum atomic E-state index is -0.187. The van der Waals surface area contributed by atoms with Crippen molar-refractivity contribution in [3.63, 3.8) is 0 Å². The van der Waals surface area contributed by atoms with E-state index in [1.54, 1.807) is 0 Å². The Hall–Kier alpha value is -2.38. The van der Waals surface area contributed by atoms with E-state index in [0.717, 1.165) is 26.8 Å². The molecule has 0 saturated carbocycles. The van der Waals surface area contributed by atoms with Gasteiger partial charge in [-0.3, -0.25) is 10.1 Å². The summed E-state index contributed by atoms with van der Waals surface area (Å²) in [6.45, 7) is 0. The zero-order chi connectivity index (χ0) is 16.7. The third kappa shape index (κ3) is 2.46. The zero-order valence-electron chi connectivity index (χ0n) is 12.7. The number of nitrogens with one attached hydrogen (secondary N) is 2. The molecule has 4 rings (SSSR count). The smallest absolute Gasteiger partial charge is 0.275 e. The van der Waals surface area contributed by atoms with Crippen molar-refractivity contribution in [2.75, 3.05) is 5.32 Å². The fourth-order valence-electron chi connectivity index (χ4n) is 2.70. The lowest BCUT2D eigenvalue weighted by Gasteiger charge is -2.04. The maximum atomic E-state index is 12.7. The molecule has 0 fully saturated rings. The molecular formula is C17H13BrN4OS. The third-order valence-corrected chi connectivity index (χ3v) is 5.42.